The van der Waals surface area contributed by atoms with Crippen molar-refractivity contribution in [2.45, 2.75) is 25.1 Å². The van der Waals surface area contributed by atoms with Gasteiger partial charge in [0.2, 0.25) is 0 Å². The molecule has 1 aromatic rings. The molecule has 2 fully saturated rings. The third kappa shape index (κ3) is 3.50. The summed E-state index contributed by atoms with van der Waals surface area (Å²) in [5.74, 6) is -0.145. The van der Waals surface area contributed by atoms with E-state index in [1.165, 1.54) is 18.9 Å². The van der Waals surface area contributed by atoms with E-state index in [4.69, 9.17) is 4.74 Å². The summed E-state index contributed by atoms with van der Waals surface area (Å²) in [4.78, 5) is 18.0. The zero-order valence-electron chi connectivity index (χ0n) is 13.9. The minimum absolute atomic E-state index is 0.0849. The summed E-state index contributed by atoms with van der Waals surface area (Å²) in [5.41, 5.74) is 3.05. The third-order valence-electron chi connectivity index (χ3n) is 4.04. The van der Waals surface area contributed by atoms with Crippen molar-refractivity contribution in [1.82, 2.24) is 0 Å². The second-order valence-electron chi connectivity index (χ2n) is 6.24. The second-order valence-corrected chi connectivity index (χ2v) is 9.60. The van der Waals surface area contributed by atoms with E-state index >= 15 is 0 Å². The van der Waals surface area contributed by atoms with Gasteiger partial charge < -0.3 is 9.64 Å². The molecule has 0 aromatic heterocycles. The number of nitrogens with zero attached hydrogens (tertiary/aromatic N) is 2. The zero-order valence-corrected chi connectivity index (χ0v) is 15.5. The molecule has 130 valence electrons. The standard InChI is InChI=1S/C16H20N2O4S2/c1-10-4-11(2)6-12(5-10)18-13-8-24(20,21)9-14(13)23-16(18)17-15(19)7-22-3/h4-6,13-14H,7-9H2,1-3H3. The van der Waals surface area contributed by atoms with Crippen molar-refractivity contribution in [2.24, 2.45) is 4.99 Å². The highest BCUT2D eigenvalue weighted by atomic mass is 32.2. The molecule has 0 saturated carbocycles. The average molecular weight is 368 g/mol. The number of aliphatic imine (C=N–C) groups is 1. The summed E-state index contributed by atoms with van der Waals surface area (Å²) in [6.07, 6.45) is 0. The lowest BCUT2D eigenvalue weighted by Gasteiger charge is -2.25. The van der Waals surface area contributed by atoms with Crippen molar-refractivity contribution < 1.29 is 17.9 Å². The molecule has 0 bridgehead atoms. The Labute approximate surface area is 146 Å². The van der Waals surface area contributed by atoms with E-state index in [0.29, 0.717) is 5.17 Å². The molecule has 8 heteroatoms. The number of amidine groups is 1. The van der Waals surface area contributed by atoms with Gasteiger partial charge in [0.05, 0.1) is 17.5 Å². The number of methoxy groups -OCH3 is 1. The fourth-order valence-electron chi connectivity index (χ4n) is 3.22. The molecule has 2 saturated heterocycles. The summed E-state index contributed by atoms with van der Waals surface area (Å²) in [6, 6.07) is 5.87. The molecule has 2 aliphatic rings. The fourth-order valence-corrected chi connectivity index (χ4v) is 7.15. The van der Waals surface area contributed by atoms with E-state index in [1.54, 1.807) is 0 Å². The van der Waals surface area contributed by atoms with Crippen LogP contribution in [0, 0.1) is 13.8 Å². The lowest BCUT2D eigenvalue weighted by molar-refractivity contribution is -0.121. The molecule has 2 atom stereocenters. The molecule has 6 nitrogen and oxygen atoms in total. The van der Waals surface area contributed by atoms with Crippen LogP contribution in [-0.2, 0) is 19.4 Å². The van der Waals surface area contributed by atoms with Crippen LogP contribution in [0.4, 0.5) is 5.69 Å². The van der Waals surface area contributed by atoms with Gasteiger partial charge in [0, 0.05) is 18.0 Å². The van der Waals surface area contributed by atoms with Crippen LogP contribution in [-0.4, -0.2) is 56.0 Å². The molecule has 2 heterocycles. The number of benzene rings is 1. The Bertz CT molecular complexity index is 784. The van der Waals surface area contributed by atoms with E-state index in [0.717, 1.165) is 16.8 Å². The zero-order chi connectivity index (χ0) is 17.5. The molecule has 2 aliphatic heterocycles. The highest BCUT2D eigenvalue weighted by Crippen LogP contribution is 2.41. The van der Waals surface area contributed by atoms with E-state index < -0.39 is 9.84 Å². The Hall–Kier alpha value is -1.38. The molecule has 0 spiro atoms. The van der Waals surface area contributed by atoms with E-state index in [2.05, 4.69) is 11.1 Å². The summed E-state index contributed by atoms with van der Waals surface area (Å²) in [7, 11) is -1.61. The number of amides is 1. The number of carbonyl (C=O) groups is 1. The monoisotopic (exact) mass is 368 g/mol. The topological polar surface area (TPSA) is 76.0 Å². The van der Waals surface area contributed by atoms with Crippen LogP contribution in [0.5, 0.6) is 0 Å². The van der Waals surface area contributed by atoms with E-state index in [-0.39, 0.29) is 35.3 Å². The predicted molar refractivity (Wildman–Crippen MR) is 96.5 cm³/mol. The molecule has 0 aliphatic carbocycles. The van der Waals surface area contributed by atoms with Crippen molar-refractivity contribution in [3.8, 4) is 0 Å². The maximum Gasteiger partial charge on any atom is 0.274 e. The largest absolute Gasteiger partial charge is 0.375 e. The molecule has 1 aromatic carbocycles. The number of ether oxygens (including phenoxy) is 1. The van der Waals surface area contributed by atoms with Crippen LogP contribution in [0.3, 0.4) is 0 Å². The SMILES string of the molecule is COCC(=O)N=C1SC2CS(=O)(=O)CC2N1c1cc(C)cc(C)c1. The van der Waals surface area contributed by atoms with Gasteiger partial charge in [0.15, 0.2) is 15.0 Å². The molecule has 2 unspecified atom stereocenters. The summed E-state index contributed by atoms with van der Waals surface area (Å²) in [6.45, 7) is 3.91. The quantitative estimate of drug-likeness (QED) is 0.806. The van der Waals surface area contributed by atoms with E-state index in [9.17, 15) is 13.2 Å². The average Bonchev–Trinajstić information content (AvgIpc) is 2.88. The molecule has 1 amide bonds. The van der Waals surface area contributed by atoms with Crippen molar-refractivity contribution >= 4 is 38.4 Å². The van der Waals surface area contributed by atoms with Gasteiger partial charge in [-0.3, -0.25) is 4.79 Å². The van der Waals surface area contributed by atoms with Crippen LogP contribution in [0.1, 0.15) is 11.1 Å². The predicted octanol–water partition coefficient (Wildman–Crippen LogP) is 1.55. The minimum Gasteiger partial charge on any atom is -0.375 e. The highest BCUT2D eigenvalue weighted by Gasteiger charge is 2.49. The van der Waals surface area contributed by atoms with Crippen molar-refractivity contribution in [3.05, 3.63) is 29.3 Å². The second kappa shape index (κ2) is 6.50. The Morgan fingerprint density at radius 3 is 2.58 bits per heavy atom. The molecule has 0 N–H and O–H groups in total. The minimum atomic E-state index is -3.06. The fraction of sp³-hybridized carbons (Fsp3) is 0.500. The number of carbonyl (C=O) groups excluding carboxylic acids is 1. The first-order chi connectivity index (χ1) is 11.3. The number of thioether (sulfide) groups is 1. The Morgan fingerprint density at radius 2 is 1.96 bits per heavy atom. The molecule has 3 rings (SSSR count). The number of aryl methyl sites for hydroxylation is 2. The molecular formula is C16H20N2O4S2. The van der Waals surface area contributed by atoms with Gasteiger partial charge in [-0.2, -0.15) is 4.99 Å². The van der Waals surface area contributed by atoms with Crippen LogP contribution < -0.4 is 4.90 Å². The van der Waals surface area contributed by atoms with Crippen LogP contribution in [0.15, 0.2) is 23.2 Å². The van der Waals surface area contributed by atoms with Gasteiger partial charge in [0.25, 0.3) is 5.91 Å². The Balaban J connectivity index is 2.02. The number of sulfone groups is 1. The van der Waals surface area contributed by atoms with E-state index in [1.807, 2.05) is 30.9 Å². The van der Waals surface area contributed by atoms with Gasteiger partial charge in [-0.25, -0.2) is 8.42 Å². The lowest BCUT2D eigenvalue weighted by Crippen LogP contribution is -2.38. The van der Waals surface area contributed by atoms with Crippen LogP contribution >= 0.6 is 11.8 Å². The van der Waals surface area contributed by atoms with Gasteiger partial charge in [-0.05, 0) is 37.1 Å². The number of hydrogen-bond acceptors (Lipinski definition) is 5. The van der Waals surface area contributed by atoms with Crippen LogP contribution in [0.2, 0.25) is 0 Å². The Kier molecular flexibility index (Phi) is 4.72. The van der Waals surface area contributed by atoms with Crippen molar-refractivity contribution in [2.75, 3.05) is 30.1 Å². The lowest BCUT2D eigenvalue weighted by atomic mass is 10.1. The number of rotatable bonds is 3. The highest BCUT2D eigenvalue weighted by molar-refractivity contribution is 8.16. The smallest absolute Gasteiger partial charge is 0.274 e. The maximum absolute atomic E-state index is 12.0. The third-order valence-corrected chi connectivity index (χ3v) is 7.25. The van der Waals surface area contributed by atoms with Crippen LogP contribution in [0.25, 0.3) is 0 Å². The normalized spacial score (nSPS) is 26.8. The van der Waals surface area contributed by atoms with Crippen molar-refractivity contribution in [3.63, 3.8) is 0 Å². The van der Waals surface area contributed by atoms with Gasteiger partial charge in [-0.1, -0.05) is 17.8 Å². The van der Waals surface area contributed by atoms with Gasteiger partial charge in [-0.15, -0.1) is 0 Å². The molecule has 0 radical (unpaired) electrons. The van der Waals surface area contributed by atoms with Gasteiger partial charge in [0.1, 0.15) is 6.61 Å². The first-order valence-electron chi connectivity index (χ1n) is 7.64. The molecular weight excluding hydrogens is 348 g/mol. The summed E-state index contributed by atoms with van der Waals surface area (Å²) in [5, 5.41) is 0.469. The Morgan fingerprint density at radius 1 is 1.29 bits per heavy atom. The summed E-state index contributed by atoms with van der Waals surface area (Å²) < 4.78 is 28.9. The number of hydrogen-bond donors (Lipinski definition) is 0. The van der Waals surface area contributed by atoms with Gasteiger partial charge >= 0.3 is 0 Å². The first kappa shape index (κ1) is 17.4. The first-order valence-corrected chi connectivity index (χ1v) is 10.3. The summed E-state index contributed by atoms with van der Waals surface area (Å²) >= 11 is 1.37. The maximum atomic E-state index is 12.0. The molecule has 24 heavy (non-hydrogen) atoms. The van der Waals surface area contributed by atoms with Crippen molar-refractivity contribution in [1.29, 1.82) is 0 Å². The number of anilines is 1. The number of fused-ring (bicyclic) bond motifs is 1.